The molecule has 0 atom stereocenters. The van der Waals surface area contributed by atoms with Crippen LogP contribution in [-0.2, 0) is 9.59 Å². The molecule has 6 heteroatoms. The largest absolute Gasteiger partial charge is 0.497 e. The fourth-order valence-corrected chi connectivity index (χ4v) is 2.83. The van der Waals surface area contributed by atoms with Gasteiger partial charge in [0.05, 0.1) is 12.8 Å². The number of hydrogen-bond donors (Lipinski definition) is 1. The molecular formula is C19H16N2O3S. The van der Waals surface area contributed by atoms with Crippen LogP contribution in [0.1, 0.15) is 11.1 Å². The number of carbonyl (C=O) groups excluding carboxylic acids is 2. The number of aryl methyl sites for hydroxylation is 1. The second-order valence-electron chi connectivity index (χ2n) is 5.52. The van der Waals surface area contributed by atoms with Crippen molar-refractivity contribution in [3.63, 3.8) is 0 Å². The topological polar surface area (TPSA) is 58.6 Å². The van der Waals surface area contributed by atoms with E-state index in [0.717, 1.165) is 11.1 Å². The van der Waals surface area contributed by atoms with E-state index in [1.54, 1.807) is 43.5 Å². The molecule has 0 aromatic heterocycles. The number of nitrogens with one attached hydrogen (secondary N) is 1. The SMILES string of the molecule is COc1ccc(C=C2C(=O)NC(=S)N(c3ccccc3C)C2=O)cc1. The van der Waals surface area contributed by atoms with E-state index in [4.69, 9.17) is 17.0 Å². The minimum absolute atomic E-state index is 0.0296. The average Bonchev–Trinajstić information content (AvgIpc) is 2.60. The molecule has 0 saturated carbocycles. The van der Waals surface area contributed by atoms with Crippen LogP contribution in [0.25, 0.3) is 6.08 Å². The molecule has 1 aliphatic rings. The molecule has 5 nitrogen and oxygen atoms in total. The van der Waals surface area contributed by atoms with E-state index in [1.807, 2.05) is 25.1 Å². The van der Waals surface area contributed by atoms with Crippen molar-refractivity contribution in [1.82, 2.24) is 5.32 Å². The standard InChI is InChI=1S/C19H16N2O3S/c1-12-5-3-4-6-16(12)21-18(23)15(17(22)20-19(21)25)11-13-7-9-14(24-2)10-8-13/h3-11H,1-2H3,(H,20,22,25). The van der Waals surface area contributed by atoms with Crippen molar-refractivity contribution in [2.75, 3.05) is 12.0 Å². The molecule has 3 rings (SSSR count). The van der Waals surface area contributed by atoms with Gasteiger partial charge in [-0.25, -0.2) is 0 Å². The molecule has 1 fully saturated rings. The molecule has 0 aliphatic carbocycles. The summed E-state index contributed by atoms with van der Waals surface area (Å²) in [4.78, 5) is 26.5. The zero-order valence-corrected chi connectivity index (χ0v) is 14.6. The fraction of sp³-hybridized carbons (Fsp3) is 0.105. The van der Waals surface area contributed by atoms with E-state index in [9.17, 15) is 9.59 Å². The first-order valence-corrected chi connectivity index (χ1v) is 8.03. The summed E-state index contributed by atoms with van der Waals surface area (Å²) in [7, 11) is 1.58. The number of anilines is 1. The number of para-hydroxylation sites is 1. The van der Waals surface area contributed by atoms with Crippen LogP contribution >= 0.6 is 12.2 Å². The molecule has 1 N–H and O–H groups in total. The minimum atomic E-state index is -0.504. The van der Waals surface area contributed by atoms with Crippen molar-refractivity contribution in [3.8, 4) is 5.75 Å². The smallest absolute Gasteiger partial charge is 0.270 e. The van der Waals surface area contributed by atoms with Crippen LogP contribution in [-0.4, -0.2) is 24.0 Å². The Morgan fingerprint density at radius 2 is 1.76 bits per heavy atom. The van der Waals surface area contributed by atoms with Crippen molar-refractivity contribution in [3.05, 3.63) is 65.2 Å². The molecule has 0 spiro atoms. The summed E-state index contributed by atoms with van der Waals surface area (Å²) in [5.41, 5.74) is 2.29. The maximum atomic E-state index is 12.9. The lowest BCUT2D eigenvalue weighted by atomic mass is 10.1. The quantitative estimate of drug-likeness (QED) is 0.524. The maximum absolute atomic E-state index is 12.9. The van der Waals surface area contributed by atoms with E-state index in [1.165, 1.54) is 4.90 Å². The summed E-state index contributed by atoms with van der Waals surface area (Å²) in [6.45, 7) is 1.88. The molecular weight excluding hydrogens is 336 g/mol. The first kappa shape index (κ1) is 16.9. The van der Waals surface area contributed by atoms with Gasteiger partial charge < -0.3 is 4.74 Å². The third kappa shape index (κ3) is 3.29. The Bertz CT molecular complexity index is 888. The molecule has 0 bridgehead atoms. The molecule has 2 amide bonds. The second kappa shape index (κ2) is 6.86. The molecule has 25 heavy (non-hydrogen) atoms. The van der Waals surface area contributed by atoms with Crippen molar-refractivity contribution in [1.29, 1.82) is 0 Å². The number of thiocarbonyl (C=S) groups is 1. The van der Waals surface area contributed by atoms with Crippen molar-refractivity contribution >= 4 is 40.9 Å². The average molecular weight is 352 g/mol. The molecule has 2 aromatic rings. The van der Waals surface area contributed by atoms with Crippen LogP contribution < -0.4 is 15.0 Å². The zero-order chi connectivity index (χ0) is 18.0. The Balaban J connectivity index is 2.00. The molecule has 0 unspecified atom stereocenters. The van der Waals surface area contributed by atoms with Gasteiger partial charge >= 0.3 is 0 Å². The van der Waals surface area contributed by atoms with Crippen molar-refractivity contribution < 1.29 is 14.3 Å². The number of nitrogens with zero attached hydrogens (tertiary/aromatic N) is 1. The third-order valence-electron chi connectivity index (χ3n) is 3.88. The number of amides is 2. The number of carbonyl (C=O) groups is 2. The molecule has 1 saturated heterocycles. The lowest BCUT2D eigenvalue weighted by Gasteiger charge is -2.30. The maximum Gasteiger partial charge on any atom is 0.270 e. The van der Waals surface area contributed by atoms with Crippen molar-refractivity contribution in [2.45, 2.75) is 6.92 Å². The van der Waals surface area contributed by atoms with Gasteiger partial charge in [0.15, 0.2) is 5.11 Å². The van der Waals surface area contributed by atoms with E-state index >= 15 is 0 Å². The van der Waals surface area contributed by atoms with E-state index in [0.29, 0.717) is 11.4 Å². The van der Waals surface area contributed by atoms with E-state index in [2.05, 4.69) is 5.32 Å². The Morgan fingerprint density at radius 1 is 1.08 bits per heavy atom. The monoisotopic (exact) mass is 352 g/mol. The summed E-state index contributed by atoms with van der Waals surface area (Å²) in [6, 6.07) is 14.5. The van der Waals surface area contributed by atoms with Gasteiger partial charge in [0.2, 0.25) is 0 Å². The summed E-state index contributed by atoms with van der Waals surface area (Å²) < 4.78 is 5.11. The van der Waals surface area contributed by atoms with Gasteiger partial charge in [-0.3, -0.25) is 19.8 Å². The molecule has 1 heterocycles. The first-order valence-electron chi connectivity index (χ1n) is 7.62. The third-order valence-corrected chi connectivity index (χ3v) is 4.17. The minimum Gasteiger partial charge on any atom is -0.497 e. The fourth-order valence-electron chi connectivity index (χ4n) is 2.56. The first-order chi connectivity index (χ1) is 12.0. The zero-order valence-electron chi connectivity index (χ0n) is 13.8. The van der Waals surface area contributed by atoms with Crippen LogP contribution in [0.4, 0.5) is 5.69 Å². The highest BCUT2D eigenvalue weighted by Gasteiger charge is 2.34. The Labute approximate surface area is 150 Å². The molecule has 2 aromatic carbocycles. The molecule has 126 valence electrons. The lowest BCUT2D eigenvalue weighted by Crippen LogP contribution is -2.54. The predicted molar refractivity (Wildman–Crippen MR) is 100 cm³/mol. The highest BCUT2D eigenvalue weighted by molar-refractivity contribution is 7.80. The van der Waals surface area contributed by atoms with Gasteiger partial charge in [0.25, 0.3) is 11.8 Å². The van der Waals surface area contributed by atoms with Crippen LogP contribution in [0.15, 0.2) is 54.1 Å². The van der Waals surface area contributed by atoms with Gasteiger partial charge in [-0.2, -0.15) is 0 Å². The molecule has 0 radical (unpaired) electrons. The van der Waals surface area contributed by atoms with Gasteiger partial charge in [0, 0.05) is 0 Å². The van der Waals surface area contributed by atoms with Crippen LogP contribution in [0.2, 0.25) is 0 Å². The van der Waals surface area contributed by atoms with Gasteiger partial charge in [-0.1, -0.05) is 30.3 Å². The highest BCUT2D eigenvalue weighted by Crippen LogP contribution is 2.25. The van der Waals surface area contributed by atoms with Gasteiger partial charge in [-0.05, 0) is 54.5 Å². The molecule has 1 aliphatic heterocycles. The summed E-state index contributed by atoms with van der Waals surface area (Å²) in [6.07, 6.45) is 1.55. The Morgan fingerprint density at radius 3 is 2.40 bits per heavy atom. The summed E-state index contributed by atoms with van der Waals surface area (Å²) in [5.74, 6) is -0.251. The van der Waals surface area contributed by atoms with Crippen molar-refractivity contribution in [2.24, 2.45) is 0 Å². The predicted octanol–water partition coefficient (Wildman–Crippen LogP) is 2.83. The van der Waals surface area contributed by atoms with Crippen LogP contribution in [0.5, 0.6) is 5.75 Å². The van der Waals surface area contributed by atoms with Crippen LogP contribution in [0, 0.1) is 6.92 Å². The Kier molecular flexibility index (Phi) is 4.63. The number of benzene rings is 2. The van der Waals surface area contributed by atoms with E-state index < -0.39 is 11.8 Å². The number of methoxy groups -OCH3 is 1. The van der Waals surface area contributed by atoms with Crippen LogP contribution in [0.3, 0.4) is 0 Å². The van der Waals surface area contributed by atoms with Gasteiger partial charge in [-0.15, -0.1) is 0 Å². The van der Waals surface area contributed by atoms with E-state index in [-0.39, 0.29) is 10.7 Å². The van der Waals surface area contributed by atoms with Gasteiger partial charge in [0.1, 0.15) is 11.3 Å². The summed E-state index contributed by atoms with van der Waals surface area (Å²) >= 11 is 5.20. The number of hydrogen-bond acceptors (Lipinski definition) is 4. The number of rotatable bonds is 3. The summed E-state index contributed by atoms with van der Waals surface area (Å²) in [5, 5.41) is 2.66. The Hall–Kier alpha value is -2.99. The highest BCUT2D eigenvalue weighted by atomic mass is 32.1. The number of ether oxygens (including phenoxy) is 1. The second-order valence-corrected chi connectivity index (χ2v) is 5.90. The lowest BCUT2D eigenvalue weighted by molar-refractivity contribution is -0.122. The normalized spacial score (nSPS) is 16.2.